The van der Waals surface area contributed by atoms with Crippen LogP contribution in [0, 0.1) is 5.82 Å². The Labute approximate surface area is 146 Å². The van der Waals surface area contributed by atoms with Crippen molar-refractivity contribution >= 4 is 11.7 Å². The first-order valence-corrected chi connectivity index (χ1v) is 7.79. The predicted octanol–water partition coefficient (Wildman–Crippen LogP) is 2.48. The van der Waals surface area contributed by atoms with Crippen LogP contribution in [0.25, 0.3) is 0 Å². The smallest absolute Gasteiger partial charge is 0.244 e. The number of amides is 1. The molecule has 1 atom stereocenters. The molecule has 25 heavy (non-hydrogen) atoms. The molecule has 0 bridgehead atoms. The van der Waals surface area contributed by atoms with E-state index in [4.69, 9.17) is 0 Å². The molecule has 2 aromatic carbocycles. The largest absolute Gasteiger partial charge is 0.508 e. The molecule has 0 saturated heterocycles. The average molecular weight is 344 g/mol. The van der Waals surface area contributed by atoms with E-state index in [2.05, 4.69) is 0 Å². The highest BCUT2D eigenvalue weighted by molar-refractivity contribution is 5.99. The summed E-state index contributed by atoms with van der Waals surface area (Å²) in [6, 6.07) is 11.1. The molecule has 132 valence electrons. The van der Waals surface area contributed by atoms with Gasteiger partial charge in [-0.25, -0.2) is 4.39 Å². The van der Waals surface area contributed by atoms with E-state index < -0.39 is 11.9 Å². The zero-order valence-corrected chi connectivity index (χ0v) is 14.4. The summed E-state index contributed by atoms with van der Waals surface area (Å²) in [6.07, 6.45) is 0. The quantitative estimate of drug-likeness (QED) is 0.818. The van der Waals surface area contributed by atoms with Crippen LogP contribution in [0.5, 0.6) is 5.75 Å². The maximum Gasteiger partial charge on any atom is 0.244 e. The predicted molar refractivity (Wildman–Crippen MR) is 92.9 cm³/mol. The van der Waals surface area contributed by atoms with Crippen molar-refractivity contribution in [2.24, 2.45) is 0 Å². The van der Waals surface area contributed by atoms with Crippen LogP contribution in [0.1, 0.15) is 22.0 Å². The molecule has 0 aliphatic rings. The molecule has 2 aromatic rings. The number of nitrogens with zero attached hydrogens (tertiary/aromatic N) is 2. The van der Waals surface area contributed by atoms with Gasteiger partial charge in [0, 0.05) is 18.2 Å². The Morgan fingerprint density at radius 3 is 2.20 bits per heavy atom. The van der Waals surface area contributed by atoms with Crippen molar-refractivity contribution in [3.8, 4) is 5.75 Å². The molecule has 1 N–H and O–H groups in total. The van der Waals surface area contributed by atoms with Crippen molar-refractivity contribution in [2.75, 3.05) is 27.7 Å². The zero-order valence-electron chi connectivity index (χ0n) is 14.4. The molecule has 2 rings (SSSR count). The number of phenolic OH excluding ortho intramolecular Hbond substituents is 1. The van der Waals surface area contributed by atoms with Gasteiger partial charge in [-0.1, -0.05) is 18.2 Å². The molecular weight excluding hydrogens is 323 g/mol. The number of phenols is 1. The van der Waals surface area contributed by atoms with Gasteiger partial charge in [0.05, 0.1) is 6.54 Å². The number of carbonyl (C=O) groups excluding carboxylic acids is 2. The molecule has 6 heteroatoms. The lowest BCUT2D eigenvalue weighted by atomic mass is 10.0. The van der Waals surface area contributed by atoms with Crippen LogP contribution in [0.4, 0.5) is 4.39 Å². The van der Waals surface area contributed by atoms with Crippen molar-refractivity contribution in [3.05, 3.63) is 65.5 Å². The number of halogens is 1. The van der Waals surface area contributed by atoms with Crippen LogP contribution in [0.3, 0.4) is 0 Å². The van der Waals surface area contributed by atoms with E-state index in [0.717, 1.165) is 0 Å². The topological polar surface area (TPSA) is 60.9 Å². The highest BCUT2D eigenvalue weighted by atomic mass is 19.1. The summed E-state index contributed by atoms with van der Waals surface area (Å²) in [5.74, 6) is -1.04. The SMILES string of the molecule is CN(CC(=O)c1ccc(O)cc1)C(=O)[C@H](c1ccccc1F)N(C)C. The summed E-state index contributed by atoms with van der Waals surface area (Å²) in [5, 5.41) is 9.28. The number of rotatable bonds is 6. The van der Waals surface area contributed by atoms with Crippen molar-refractivity contribution in [2.45, 2.75) is 6.04 Å². The summed E-state index contributed by atoms with van der Waals surface area (Å²) in [5.41, 5.74) is 0.658. The van der Waals surface area contributed by atoms with Crippen molar-refractivity contribution in [1.29, 1.82) is 0 Å². The summed E-state index contributed by atoms with van der Waals surface area (Å²) in [7, 11) is 4.88. The minimum atomic E-state index is -0.821. The minimum Gasteiger partial charge on any atom is -0.508 e. The molecule has 5 nitrogen and oxygen atoms in total. The number of benzene rings is 2. The number of Topliss-reactive ketones (excluding diaryl/α,β-unsaturated/α-hetero) is 1. The summed E-state index contributed by atoms with van der Waals surface area (Å²) >= 11 is 0. The number of hydrogen-bond acceptors (Lipinski definition) is 4. The lowest BCUT2D eigenvalue weighted by Gasteiger charge is -2.28. The summed E-state index contributed by atoms with van der Waals surface area (Å²) in [4.78, 5) is 28.0. The van der Waals surface area contributed by atoms with Gasteiger partial charge in [-0.3, -0.25) is 14.5 Å². The Bertz CT molecular complexity index is 760. The second-order valence-electron chi connectivity index (χ2n) is 6.05. The van der Waals surface area contributed by atoms with E-state index in [1.54, 1.807) is 37.2 Å². The fourth-order valence-corrected chi connectivity index (χ4v) is 2.57. The number of aromatic hydroxyl groups is 1. The fraction of sp³-hybridized carbons (Fsp3) is 0.263. The number of carbonyl (C=O) groups is 2. The average Bonchev–Trinajstić information content (AvgIpc) is 2.56. The number of hydrogen-bond donors (Lipinski definition) is 1. The fourth-order valence-electron chi connectivity index (χ4n) is 2.57. The standard InChI is InChI=1S/C19H21FN2O3/c1-21(2)18(15-6-4-5-7-16(15)20)19(25)22(3)12-17(24)13-8-10-14(23)11-9-13/h4-11,18,23H,12H2,1-3H3/t18-/m0/s1. The van der Waals surface area contributed by atoms with Crippen LogP contribution < -0.4 is 0 Å². The van der Waals surface area contributed by atoms with Crippen molar-refractivity contribution in [3.63, 3.8) is 0 Å². The third kappa shape index (κ3) is 4.42. The number of likely N-dealkylation sites (N-methyl/N-ethyl adjacent to an activating group) is 2. The van der Waals surface area contributed by atoms with Crippen LogP contribution in [0.15, 0.2) is 48.5 Å². The molecule has 0 aliphatic carbocycles. The Morgan fingerprint density at radius 2 is 1.64 bits per heavy atom. The molecule has 0 unspecified atom stereocenters. The van der Waals surface area contributed by atoms with Gasteiger partial charge >= 0.3 is 0 Å². The van der Waals surface area contributed by atoms with Crippen LogP contribution in [-0.4, -0.2) is 54.3 Å². The molecule has 0 radical (unpaired) electrons. The van der Waals surface area contributed by atoms with E-state index in [9.17, 15) is 19.1 Å². The van der Waals surface area contributed by atoms with Crippen molar-refractivity contribution in [1.82, 2.24) is 9.80 Å². The van der Waals surface area contributed by atoms with E-state index in [1.807, 2.05) is 0 Å². The minimum absolute atomic E-state index is 0.0632. The lowest BCUT2D eigenvalue weighted by molar-refractivity contribution is -0.134. The first-order valence-electron chi connectivity index (χ1n) is 7.79. The Balaban J connectivity index is 2.17. The van der Waals surface area contributed by atoms with Crippen molar-refractivity contribution < 1.29 is 19.1 Å². The molecule has 0 aliphatic heterocycles. The number of ketones is 1. The lowest BCUT2D eigenvalue weighted by Crippen LogP contribution is -2.41. The maximum absolute atomic E-state index is 14.1. The monoisotopic (exact) mass is 344 g/mol. The third-order valence-electron chi connectivity index (χ3n) is 3.90. The first kappa shape index (κ1) is 18.6. The Morgan fingerprint density at radius 1 is 1.04 bits per heavy atom. The Kier molecular flexibility index (Phi) is 5.88. The maximum atomic E-state index is 14.1. The van der Waals surface area contributed by atoms with E-state index in [0.29, 0.717) is 5.56 Å². The second kappa shape index (κ2) is 7.90. The van der Waals surface area contributed by atoms with Gasteiger partial charge in [-0.15, -0.1) is 0 Å². The molecular formula is C19H21FN2O3. The highest BCUT2D eigenvalue weighted by Gasteiger charge is 2.29. The van der Waals surface area contributed by atoms with Gasteiger partial charge in [0.15, 0.2) is 5.78 Å². The van der Waals surface area contributed by atoms with Gasteiger partial charge in [0.25, 0.3) is 0 Å². The second-order valence-corrected chi connectivity index (χ2v) is 6.05. The van der Waals surface area contributed by atoms with Gasteiger partial charge in [-0.05, 0) is 44.4 Å². The molecule has 1 amide bonds. The third-order valence-corrected chi connectivity index (χ3v) is 3.90. The molecule has 0 fully saturated rings. The molecule has 0 aromatic heterocycles. The first-order chi connectivity index (χ1) is 11.8. The van der Waals surface area contributed by atoms with Gasteiger partial charge in [0.2, 0.25) is 5.91 Å². The van der Waals surface area contributed by atoms with E-state index >= 15 is 0 Å². The van der Waals surface area contributed by atoms with Crippen LogP contribution >= 0.6 is 0 Å². The molecule has 0 spiro atoms. The zero-order chi connectivity index (χ0) is 18.6. The van der Waals surface area contributed by atoms with Crippen LogP contribution in [-0.2, 0) is 4.79 Å². The Hall–Kier alpha value is -2.73. The van der Waals surface area contributed by atoms with E-state index in [-0.39, 0.29) is 29.5 Å². The van der Waals surface area contributed by atoms with Crippen LogP contribution in [0.2, 0.25) is 0 Å². The van der Waals surface area contributed by atoms with Gasteiger partial charge in [0.1, 0.15) is 17.6 Å². The highest BCUT2D eigenvalue weighted by Crippen LogP contribution is 2.23. The summed E-state index contributed by atoms with van der Waals surface area (Å²) < 4.78 is 14.1. The molecule has 0 saturated carbocycles. The summed E-state index contributed by atoms with van der Waals surface area (Å²) in [6.45, 7) is -0.137. The normalized spacial score (nSPS) is 12.0. The van der Waals surface area contributed by atoms with Gasteiger partial charge < -0.3 is 10.0 Å². The van der Waals surface area contributed by atoms with Gasteiger partial charge in [-0.2, -0.15) is 0 Å². The molecule has 0 heterocycles. The van der Waals surface area contributed by atoms with E-state index in [1.165, 1.54) is 42.3 Å².